The largest absolute Gasteiger partial charge is 0.495 e. The number of hydrogen-bond donors (Lipinski definition) is 5. The first-order chi connectivity index (χ1) is 20.6. The molecule has 2 aliphatic rings. The number of hydrogen-bond acceptors (Lipinski definition) is 14. The van der Waals surface area contributed by atoms with Crippen LogP contribution in [0.25, 0.3) is 11.2 Å². The van der Waals surface area contributed by atoms with Crippen LogP contribution >= 0.6 is 0 Å². The quantitative estimate of drug-likeness (QED) is 0.134. The lowest BCUT2D eigenvalue weighted by atomic mass is 9.74. The van der Waals surface area contributed by atoms with Gasteiger partial charge in [-0.2, -0.15) is 0 Å². The highest BCUT2D eigenvalue weighted by Gasteiger charge is 2.65. The molecule has 3 aromatic rings. The molecule has 2 fully saturated rings. The van der Waals surface area contributed by atoms with Crippen molar-refractivity contribution in [3.8, 4) is 0 Å². The molecule has 0 spiro atoms. The number of nitrogens with one attached hydrogen (secondary N) is 1. The van der Waals surface area contributed by atoms with Crippen molar-refractivity contribution in [3.63, 3.8) is 0 Å². The van der Waals surface area contributed by atoms with E-state index in [0.717, 1.165) is 17.2 Å². The summed E-state index contributed by atoms with van der Waals surface area (Å²) in [5.41, 5.74) is 4.96. The van der Waals surface area contributed by atoms with Gasteiger partial charge in [0.25, 0.3) is 10.0 Å². The van der Waals surface area contributed by atoms with Gasteiger partial charge in [0.2, 0.25) is 5.91 Å². The predicted molar refractivity (Wildman–Crippen MR) is 154 cm³/mol. The highest BCUT2D eigenvalue weighted by molar-refractivity contribution is 7.90. The highest BCUT2D eigenvalue weighted by atomic mass is 32.2. The number of anilines is 1. The zero-order valence-electron chi connectivity index (χ0n) is 24.4. The summed E-state index contributed by atoms with van der Waals surface area (Å²) in [5, 5.41) is 28.3. The molecule has 16 nitrogen and oxygen atoms in total. The molecule has 18 heteroatoms. The standard InChI is InChI=1S/C26H33BN6O10S/c1-24(2)25(3,4)43-27(42-24)15-8-6-5-7-14(15)16(35)9-10-18(36)32-44(39,40)26(21(38)20(37)17(11-34)41-26)33-13-31-19-22(28)29-12-30-23(19)33/h5-8,12-13,17,20-21,34,37-38H,9-11H2,1-4H3,(H,32,36)(H2,28,29,30)/t17-,20-,21-,26+/m1/s1. The Labute approximate surface area is 252 Å². The number of aromatic nitrogens is 4. The van der Waals surface area contributed by atoms with E-state index in [4.69, 9.17) is 19.8 Å². The van der Waals surface area contributed by atoms with Crippen LogP contribution in [0, 0.1) is 0 Å². The third kappa shape index (κ3) is 5.05. The van der Waals surface area contributed by atoms with Crippen LogP contribution < -0.4 is 15.9 Å². The molecule has 0 unspecified atom stereocenters. The maximum absolute atomic E-state index is 13.8. The predicted octanol–water partition coefficient (Wildman–Crippen LogP) is -1.46. The molecule has 2 saturated heterocycles. The van der Waals surface area contributed by atoms with Gasteiger partial charge in [-0.05, 0) is 33.2 Å². The van der Waals surface area contributed by atoms with E-state index in [0.29, 0.717) is 5.46 Å². The van der Waals surface area contributed by atoms with Crippen molar-refractivity contribution < 1.29 is 47.4 Å². The van der Waals surface area contributed by atoms with Crippen LogP contribution in [-0.4, -0.2) is 98.2 Å². The number of imidazole rings is 1. The van der Waals surface area contributed by atoms with Gasteiger partial charge in [0.15, 0.2) is 17.2 Å². The molecule has 0 saturated carbocycles. The van der Waals surface area contributed by atoms with Gasteiger partial charge in [0.05, 0.1) is 17.8 Å². The van der Waals surface area contributed by atoms with Gasteiger partial charge >= 0.3 is 12.2 Å². The third-order valence-electron chi connectivity index (χ3n) is 8.26. The molecule has 2 aliphatic heterocycles. The fourth-order valence-corrected chi connectivity index (χ4v) is 6.76. The van der Waals surface area contributed by atoms with Crippen molar-refractivity contribution in [3.05, 3.63) is 42.5 Å². The first-order valence-corrected chi connectivity index (χ1v) is 15.2. The van der Waals surface area contributed by atoms with Gasteiger partial charge in [0, 0.05) is 18.4 Å². The number of rotatable bonds is 9. The molecule has 0 aliphatic carbocycles. The average Bonchev–Trinajstić information content (AvgIpc) is 3.57. The summed E-state index contributed by atoms with van der Waals surface area (Å²) in [6.07, 6.45) is -4.71. The van der Waals surface area contributed by atoms with Crippen LogP contribution in [0.4, 0.5) is 5.82 Å². The number of benzene rings is 1. The van der Waals surface area contributed by atoms with E-state index >= 15 is 0 Å². The second kappa shape index (κ2) is 11.1. The smallest absolute Gasteiger partial charge is 0.399 e. The molecular formula is C26H33BN6O10S. The van der Waals surface area contributed by atoms with Crippen LogP contribution in [0.5, 0.6) is 0 Å². The van der Waals surface area contributed by atoms with Crippen molar-refractivity contribution in [2.24, 2.45) is 0 Å². The van der Waals surface area contributed by atoms with Crippen LogP contribution in [0.3, 0.4) is 0 Å². The van der Waals surface area contributed by atoms with Gasteiger partial charge in [-0.1, -0.05) is 24.3 Å². The summed E-state index contributed by atoms with van der Waals surface area (Å²) in [4.78, 5) is 38.1. The van der Waals surface area contributed by atoms with Crippen LogP contribution in [0.15, 0.2) is 36.9 Å². The first-order valence-electron chi connectivity index (χ1n) is 13.7. The van der Waals surface area contributed by atoms with Crippen LogP contribution in [0.1, 0.15) is 50.9 Å². The van der Waals surface area contributed by atoms with Gasteiger partial charge in [-0.15, -0.1) is 0 Å². The van der Waals surface area contributed by atoms with E-state index in [9.17, 15) is 33.3 Å². The maximum Gasteiger partial charge on any atom is 0.495 e. The van der Waals surface area contributed by atoms with Crippen molar-refractivity contribution in [1.29, 1.82) is 0 Å². The highest BCUT2D eigenvalue weighted by Crippen LogP contribution is 2.42. The van der Waals surface area contributed by atoms with Crippen molar-refractivity contribution >= 4 is 51.3 Å². The Morgan fingerprint density at radius 1 is 1.07 bits per heavy atom. The fourth-order valence-electron chi connectivity index (χ4n) is 5.12. The minimum atomic E-state index is -5.11. The number of aliphatic hydroxyl groups is 3. The molecule has 236 valence electrons. The van der Waals surface area contributed by atoms with Gasteiger partial charge < -0.3 is 35.1 Å². The molecule has 1 aromatic carbocycles. The van der Waals surface area contributed by atoms with Gasteiger partial charge in [-0.25, -0.2) is 28.1 Å². The number of carbonyl (C=O) groups excluding carboxylic acids is 2. The normalized spacial score (nSPS) is 26.2. The number of fused-ring (bicyclic) bond motifs is 1. The summed E-state index contributed by atoms with van der Waals surface area (Å²) in [5.74, 6) is -1.70. The summed E-state index contributed by atoms with van der Waals surface area (Å²) in [6, 6.07) is 6.60. The monoisotopic (exact) mass is 632 g/mol. The van der Waals surface area contributed by atoms with Crippen molar-refractivity contribution in [2.75, 3.05) is 12.3 Å². The molecule has 1 amide bonds. The number of carbonyl (C=O) groups is 2. The van der Waals surface area contributed by atoms with Crippen molar-refractivity contribution in [2.45, 2.75) is 75.1 Å². The molecule has 0 bridgehead atoms. The Morgan fingerprint density at radius 2 is 1.73 bits per heavy atom. The van der Waals surface area contributed by atoms with Gasteiger partial charge in [0.1, 0.15) is 36.5 Å². The number of nitrogens with two attached hydrogens (primary N) is 1. The topological polar surface area (TPSA) is 238 Å². The van der Waals surface area contributed by atoms with E-state index in [1.807, 2.05) is 32.4 Å². The number of nitrogen functional groups attached to an aromatic ring is 1. The lowest BCUT2D eigenvalue weighted by Crippen LogP contribution is -2.56. The van der Waals surface area contributed by atoms with E-state index in [-0.39, 0.29) is 22.5 Å². The molecule has 2 aromatic heterocycles. The van der Waals surface area contributed by atoms with Crippen molar-refractivity contribution in [1.82, 2.24) is 24.2 Å². The molecule has 6 N–H and O–H groups in total. The number of ether oxygens (including phenoxy) is 1. The molecule has 5 rings (SSSR count). The summed E-state index contributed by atoms with van der Waals surface area (Å²) in [6.45, 7) is 6.61. The molecule has 0 radical (unpaired) electrons. The zero-order chi connectivity index (χ0) is 32.2. The number of sulfonamides is 1. The summed E-state index contributed by atoms with van der Waals surface area (Å²) < 4.78 is 48.0. The molecule has 4 heterocycles. The summed E-state index contributed by atoms with van der Waals surface area (Å²) >= 11 is 0. The Balaban J connectivity index is 1.39. The zero-order valence-corrected chi connectivity index (χ0v) is 25.2. The average molecular weight is 632 g/mol. The van der Waals surface area contributed by atoms with E-state index in [1.165, 1.54) is 0 Å². The number of ketones is 1. The minimum Gasteiger partial charge on any atom is -0.399 e. The SMILES string of the molecule is CC1(C)OB(c2ccccc2C(=O)CCC(=O)NS(=O)(=O)[C@@]2(n3cnc4c(N)ncnc43)O[C@H](CO)[C@@H](O)[C@H]2O)OC1(C)C. The third-order valence-corrected chi connectivity index (χ3v) is 10.1. The molecule has 44 heavy (non-hydrogen) atoms. The van der Waals surface area contributed by atoms with Gasteiger partial charge in [-0.3, -0.25) is 14.2 Å². The lowest BCUT2D eigenvalue weighted by Gasteiger charge is -2.32. The Kier molecular flexibility index (Phi) is 8.07. The van der Waals surface area contributed by atoms with E-state index < -0.39 is 82.9 Å². The van der Waals surface area contributed by atoms with Crippen LogP contribution in [-0.2, 0) is 33.9 Å². The lowest BCUT2D eigenvalue weighted by molar-refractivity contribution is -0.120. The minimum absolute atomic E-state index is 0.0441. The maximum atomic E-state index is 13.8. The number of nitrogens with zero attached hydrogens (tertiary/aromatic N) is 4. The first kappa shape index (κ1) is 31.9. The molecule has 4 atom stereocenters. The molecular weight excluding hydrogens is 599 g/mol. The number of Topliss-reactive ketones (excluding diaryl/α,β-unsaturated/α-hetero) is 1. The van der Waals surface area contributed by atoms with E-state index in [1.54, 1.807) is 24.3 Å². The number of aliphatic hydroxyl groups excluding tert-OH is 3. The Bertz CT molecular complexity index is 1700. The Morgan fingerprint density at radius 3 is 2.36 bits per heavy atom. The fraction of sp³-hybridized carbons (Fsp3) is 0.500. The Hall–Kier alpha value is -3.52. The summed E-state index contributed by atoms with van der Waals surface area (Å²) in [7, 11) is -5.95. The van der Waals surface area contributed by atoms with E-state index in [2.05, 4.69) is 15.0 Å². The number of amides is 1. The van der Waals surface area contributed by atoms with Crippen LogP contribution in [0.2, 0.25) is 0 Å². The second-order valence-electron chi connectivity index (χ2n) is 11.6. The second-order valence-corrected chi connectivity index (χ2v) is 13.4.